The standard InChI is InChI=1S/C24H28F3N5O5/c1-23(2)10-17(31-37-12-19(33)34)20-18(11-23)32(30-21(20)24(25,26)27)14-3-4-15(22(28)35)16(9-14)29-13-5-7-36-8-6-13/h3-4,9,13,29H,5-8,10-12H2,1-2H3,(H2,28,35)(H,33,34). The van der Waals surface area contributed by atoms with Crippen molar-refractivity contribution in [2.45, 2.75) is 51.7 Å². The summed E-state index contributed by atoms with van der Waals surface area (Å²) in [7, 11) is 0. The number of primary amides is 1. The van der Waals surface area contributed by atoms with Crippen molar-refractivity contribution in [3.8, 4) is 5.69 Å². The molecule has 10 nitrogen and oxygen atoms in total. The number of rotatable bonds is 7. The van der Waals surface area contributed by atoms with Crippen molar-refractivity contribution in [3.05, 3.63) is 40.7 Å². The van der Waals surface area contributed by atoms with Crippen molar-refractivity contribution in [1.29, 1.82) is 0 Å². The molecule has 0 unspecified atom stereocenters. The van der Waals surface area contributed by atoms with Gasteiger partial charge in [-0.3, -0.25) is 4.79 Å². The second kappa shape index (κ2) is 10.0. The minimum Gasteiger partial charge on any atom is -0.479 e. The fourth-order valence-corrected chi connectivity index (χ4v) is 4.69. The maximum absolute atomic E-state index is 14.1. The molecule has 2 aliphatic rings. The van der Waals surface area contributed by atoms with Crippen molar-refractivity contribution < 1.29 is 37.4 Å². The number of halogens is 3. The highest BCUT2D eigenvalue weighted by atomic mass is 19.4. The third kappa shape index (κ3) is 5.87. The Morgan fingerprint density at radius 3 is 2.62 bits per heavy atom. The van der Waals surface area contributed by atoms with Crippen LogP contribution in [-0.2, 0) is 27.0 Å². The van der Waals surface area contributed by atoms with E-state index in [1.165, 1.54) is 16.8 Å². The summed E-state index contributed by atoms with van der Waals surface area (Å²) in [6.07, 6.45) is -3.04. The van der Waals surface area contributed by atoms with E-state index in [2.05, 4.69) is 15.6 Å². The van der Waals surface area contributed by atoms with Crippen molar-refractivity contribution >= 4 is 23.3 Å². The molecule has 1 amide bonds. The minimum atomic E-state index is -4.80. The quantitative estimate of drug-likeness (QED) is 0.473. The Morgan fingerprint density at radius 1 is 1.30 bits per heavy atom. The summed E-state index contributed by atoms with van der Waals surface area (Å²) in [5.74, 6) is -1.98. The lowest BCUT2D eigenvalue weighted by atomic mass is 9.75. The number of anilines is 1. The number of fused-ring (bicyclic) bond motifs is 1. The molecule has 0 saturated carbocycles. The first-order valence-electron chi connectivity index (χ1n) is 11.7. The smallest absolute Gasteiger partial charge is 0.435 e. The van der Waals surface area contributed by atoms with E-state index in [-0.39, 0.29) is 41.4 Å². The number of carbonyl (C=O) groups excluding carboxylic acids is 1. The zero-order valence-corrected chi connectivity index (χ0v) is 20.4. The largest absolute Gasteiger partial charge is 0.479 e. The molecule has 4 rings (SSSR count). The monoisotopic (exact) mass is 523 g/mol. The van der Waals surface area contributed by atoms with E-state index < -0.39 is 35.8 Å². The second-order valence-corrected chi connectivity index (χ2v) is 9.93. The van der Waals surface area contributed by atoms with Gasteiger partial charge in [0.25, 0.3) is 5.91 Å². The van der Waals surface area contributed by atoms with Gasteiger partial charge in [0.15, 0.2) is 5.69 Å². The van der Waals surface area contributed by atoms with Crippen LogP contribution in [0.25, 0.3) is 5.69 Å². The van der Waals surface area contributed by atoms with E-state index in [1.807, 2.05) is 13.8 Å². The molecule has 37 heavy (non-hydrogen) atoms. The predicted molar refractivity (Wildman–Crippen MR) is 127 cm³/mol. The molecular formula is C24H28F3N5O5. The Bertz CT molecular complexity index is 1230. The summed E-state index contributed by atoms with van der Waals surface area (Å²) >= 11 is 0. The summed E-state index contributed by atoms with van der Waals surface area (Å²) < 4.78 is 49.0. The van der Waals surface area contributed by atoms with Crippen LogP contribution >= 0.6 is 0 Å². The summed E-state index contributed by atoms with van der Waals surface area (Å²) in [6, 6.07) is 4.51. The maximum Gasteiger partial charge on any atom is 0.435 e. The predicted octanol–water partition coefficient (Wildman–Crippen LogP) is 3.36. The van der Waals surface area contributed by atoms with Crippen LogP contribution in [0.3, 0.4) is 0 Å². The molecule has 1 aromatic heterocycles. The van der Waals surface area contributed by atoms with Crippen LogP contribution in [-0.4, -0.2) is 58.3 Å². The van der Waals surface area contributed by atoms with Crippen LogP contribution in [0.2, 0.25) is 0 Å². The fourth-order valence-electron chi connectivity index (χ4n) is 4.69. The molecular weight excluding hydrogens is 495 g/mol. The van der Waals surface area contributed by atoms with Gasteiger partial charge in [0.2, 0.25) is 6.61 Å². The van der Waals surface area contributed by atoms with Crippen LogP contribution < -0.4 is 11.1 Å². The number of carboxylic acid groups (broad SMARTS) is 1. The third-order valence-corrected chi connectivity index (χ3v) is 6.29. The van der Waals surface area contributed by atoms with Gasteiger partial charge in [-0.2, -0.15) is 18.3 Å². The SMILES string of the molecule is CC1(C)CC(=NOCC(=O)O)c2c(C(F)(F)F)nn(-c3ccc(C(N)=O)c(NC4CCOCC4)c3)c2C1. The van der Waals surface area contributed by atoms with Gasteiger partial charge in [-0.1, -0.05) is 19.0 Å². The molecule has 4 N–H and O–H groups in total. The molecule has 0 radical (unpaired) electrons. The molecule has 0 atom stereocenters. The van der Waals surface area contributed by atoms with Crippen molar-refractivity contribution in [1.82, 2.24) is 9.78 Å². The van der Waals surface area contributed by atoms with Crippen LogP contribution in [0.5, 0.6) is 0 Å². The molecule has 1 aliphatic carbocycles. The first kappa shape index (κ1) is 26.5. The number of aromatic nitrogens is 2. The number of benzene rings is 1. The lowest BCUT2D eigenvalue weighted by molar-refractivity contribution is -0.143. The molecule has 1 saturated heterocycles. The highest BCUT2D eigenvalue weighted by molar-refractivity contribution is 6.04. The van der Waals surface area contributed by atoms with Crippen molar-refractivity contribution in [2.75, 3.05) is 25.1 Å². The Kier molecular flexibility index (Phi) is 7.18. The maximum atomic E-state index is 14.1. The lowest BCUT2D eigenvalue weighted by Gasteiger charge is -2.31. The number of ether oxygens (including phenoxy) is 1. The molecule has 1 aliphatic heterocycles. The molecule has 2 heterocycles. The van der Waals surface area contributed by atoms with E-state index >= 15 is 0 Å². The fraction of sp³-hybridized carbons (Fsp3) is 0.500. The average molecular weight is 524 g/mol. The van der Waals surface area contributed by atoms with Crippen molar-refractivity contribution in [2.24, 2.45) is 16.3 Å². The number of oxime groups is 1. The lowest BCUT2D eigenvalue weighted by Crippen LogP contribution is -2.30. The van der Waals surface area contributed by atoms with Crippen LogP contribution in [0.15, 0.2) is 23.4 Å². The summed E-state index contributed by atoms with van der Waals surface area (Å²) in [5, 5.41) is 19.8. The molecule has 0 bridgehead atoms. The van der Waals surface area contributed by atoms with Gasteiger partial charge in [0, 0.05) is 24.9 Å². The highest BCUT2D eigenvalue weighted by Crippen LogP contribution is 2.42. The number of nitrogens with zero attached hydrogens (tertiary/aromatic N) is 3. The molecule has 2 aromatic rings. The summed E-state index contributed by atoms with van der Waals surface area (Å²) in [5.41, 5.74) is 4.79. The van der Waals surface area contributed by atoms with Crippen LogP contribution in [0.4, 0.5) is 18.9 Å². The zero-order valence-electron chi connectivity index (χ0n) is 20.4. The zero-order chi connectivity index (χ0) is 27.0. The second-order valence-electron chi connectivity index (χ2n) is 9.93. The number of hydrogen-bond donors (Lipinski definition) is 3. The Balaban J connectivity index is 1.84. The number of hydrogen-bond acceptors (Lipinski definition) is 7. The number of nitrogens with two attached hydrogens (primary N) is 1. The molecule has 13 heteroatoms. The third-order valence-electron chi connectivity index (χ3n) is 6.29. The minimum absolute atomic E-state index is 0.00317. The van der Waals surface area contributed by atoms with Crippen LogP contribution in [0.1, 0.15) is 60.4 Å². The van der Waals surface area contributed by atoms with Gasteiger partial charge in [-0.25, -0.2) is 9.48 Å². The van der Waals surface area contributed by atoms with Gasteiger partial charge in [0.05, 0.1) is 28.2 Å². The first-order valence-corrected chi connectivity index (χ1v) is 11.7. The van der Waals surface area contributed by atoms with Gasteiger partial charge >= 0.3 is 12.1 Å². The topological polar surface area (TPSA) is 141 Å². The Labute approximate surface area is 210 Å². The van der Waals surface area contributed by atoms with E-state index in [1.54, 1.807) is 6.07 Å². The van der Waals surface area contributed by atoms with Gasteiger partial charge in [0.1, 0.15) is 0 Å². The number of carboxylic acids is 1. The van der Waals surface area contributed by atoms with Gasteiger partial charge < -0.3 is 25.7 Å². The normalized spacial score (nSPS) is 18.9. The van der Waals surface area contributed by atoms with Crippen LogP contribution in [0, 0.1) is 5.41 Å². The Hall–Kier alpha value is -3.61. The van der Waals surface area contributed by atoms with E-state index in [9.17, 15) is 22.8 Å². The van der Waals surface area contributed by atoms with E-state index in [4.69, 9.17) is 20.4 Å². The highest BCUT2D eigenvalue weighted by Gasteiger charge is 2.45. The van der Waals surface area contributed by atoms with E-state index in [0.717, 1.165) is 0 Å². The number of alkyl halides is 3. The summed E-state index contributed by atoms with van der Waals surface area (Å²) in [4.78, 5) is 27.7. The molecule has 0 spiro atoms. The number of aliphatic carboxylic acids is 1. The van der Waals surface area contributed by atoms with E-state index in [0.29, 0.717) is 37.4 Å². The van der Waals surface area contributed by atoms with Gasteiger partial charge in [-0.15, -0.1) is 0 Å². The first-order chi connectivity index (χ1) is 17.4. The average Bonchev–Trinajstić information content (AvgIpc) is 3.18. The number of nitrogens with one attached hydrogen (secondary N) is 1. The molecule has 200 valence electrons. The van der Waals surface area contributed by atoms with Crippen molar-refractivity contribution in [3.63, 3.8) is 0 Å². The number of carbonyl (C=O) groups is 2. The molecule has 1 fully saturated rings. The Morgan fingerprint density at radius 2 is 2.00 bits per heavy atom. The summed E-state index contributed by atoms with van der Waals surface area (Å²) in [6.45, 7) is 4.03. The number of amides is 1. The molecule has 1 aromatic carbocycles. The van der Waals surface area contributed by atoms with Gasteiger partial charge in [-0.05, 0) is 49.3 Å².